The second-order valence-electron chi connectivity index (χ2n) is 7.70. The summed E-state index contributed by atoms with van der Waals surface area (Å²) in [4.78, 5) is 42.0. The van der Waals surface area contributed by atoms with Crippen molar-refractivity contribution in [3.63, 3.8) is 0 Å². The fourth-order valence-electron chi connectivity index (χ4n) is 3.93. The van der Waals surface area contributed by atoms with Crippen molar-refractivity contribution in [2.45, 2.75) is 49.7 Å². The van der Waals surface area contributed by atoms with E-state index in [1.807, 2.05) is 12.1 Å². The molecule has 0 bridgehead atoms. The number of hydrogen-bond acceptors (Lipinski definition) is 7. The summed E-state index contributed by atoms with van der Waals surface area (Å²) in [5, 5.41) is -0.0859. The molecule has 0 unspecified atom stereocenters. The average molecular weight is 445 g/mol. The number of anilines is 2. The number of thioether (sulfide) groups is 1. The first kappa shape index (κ1) is 20.9. The van der Waals surface area contributed by atoms with E-state index in [-0.39, 0.29) is 24.8 Å². The van der Waals surface area contributed by atoms with Crippen LogP contribution in [0, 0.1) is 5.92 Å². The quantitative estimate of drug-likeness (QED) is 0.425. The number of nitrogen functional groups attached to an aromatic ring is 1. The van der Waals surface area contributed by atoms with Crippen LogP contribution in [0.4, 0.5) is 10.7 Å². The smallest absolute Gasteiger partial charge is 0.341 e. The fraction of sp³-hybridized carbons (Fsp3) is 0.409. The second-order valence-corrected chi connectivity index (χ2v) is 10.1. The maximum Gasteiger partial charge on any atom is 0.341 e. The van der Waals surface area contributed by atoms with Crippen molar-refractivity contribution in [3.8, 4) is 0 Å². The van der Waals surface area contributed by atoms with Gasteiger partial charge >= 0.3 is 5.97 Å². The first-order valence-electron chi connectivity index (χ1n) is 10.1. The van der Waals surface area contributed by atoms with Gasteiger partial charge in [0.05, 0.1) is 17.4 Å². The number of amides is 2. The van der Waals surface area contributed by atoms with E-state index in [0.717, 1.165) is 34.6 Å². The van der Waals surface area contributed by atoms with Gasteiger partial charge in [0.25, 0.3) is 0 Å². The number of rotatable bonds is 5. The van der Waals surface area contributed by atoms with Crippen molar-refractivity contribution in [1.29, 1.82) is 0 Å². The molecule has 1 saturated heterocycles. The van der Waals surface area contributed by atoms with Crippen molar-refractivity contribution in [3.05, 3.63) is 40.3 Å². The van der Waals surface area contributed by atoms with Crippen LogP contribution in [-0.2, 0) is 27.2 Å². The lowest BCUT2D eigenvalue weighted by molar-refractivity contribution is -0.121. The van der Waals surface area contributed by atoms with Crippen LogP contribution in [-0.4, -0.2) is 29.6 Å². The van der Waals surface area contributed by atoms with E-state index in [4.69, 9.17) is 10.5 Å². The topological polar surface area (TPSA) is 89.7 Å². The van der Waals surface area contributed by atoms with Crippen LogP contribution in [0.3, 0.4) is 0 Å². The number of esters is 1. The number of nitrogens with two attached hydrogens (primary N) is 1. The van der Waals surface area contributed by atoms with Gasteiger partial charge in [0, 0.05) is 21.9 Å². The number of imide groups is 1. The maximum absolute atomic E-state index is 13.2. The Morgan fingerprint density at radius 1 is 1.27 bits per heavy atom. The molecule has 4 rings (SSSR count). The van der Waals surface area contributed by atoms with Gasteiger partial charge in [-0.3, -0.25) is 9.59 Å². The molecule has 1 aromatic carbocycles. The SMILES string of the molecule is CCOC(=O)c1c(N2C(=O)C[C@@H](Sc3ccc(N)cc3)C2=O)sc2c1CC[C@H](C)C2. The van der Waals surface area contributed by atoms with Gasteiger partial charge < -0.3 is 10.5 Å². The first-order chi connectivity index (χ1) is 14.4. The zero-order valence-electron chi connectivity index (χ0n) is 17.0. The highest BCUT2D eigenvalue weighted by molar-refractivity contribution is 8.00. The van der Waals surface area contributed by atoms with Crippen LogP contribution >= 0.6 is 23.1 Å². The number of thiophene rings is 1. The van der Waals surface area contributed by atoms with Gasteiger partial charge in [-0.05, 0) is 61.9 Å². The lowest BCUT2D eigenvalue weighted by atomic mass is 9.88. The van der Waals surface area contributed by atoms with Crippen LogP contribution in [0.25, 0.3) is 0 Å². The third-order valence-electron chi connectivity index (χ3n) is 5.44. The highest BCUT2D eigenvalue weighted by atomic mass is 32.2. The van der Waals surface area contributed by atoms with E-state index in [2.05, 4.69) is 6.92 Å². The number of benzene rings is 1. The van der Waals surface area contributed by atoms with Crippen LogP contribution in [0.15, 0.2) is 29.2 Å². The molecular formula is C22H24N2O4S2. The molecule has 1 fully saturated rings. The minimum atomic E-state index is -0.519. The number of nitrogens with zero attached hydrogens (tertiary/aromatic N) is 1. The Morgan fingerprint density at radius 2 is 2.00 bits per heavy atom. The summed E-state index contributed by atoms with van der Waals surface area (Å²) in [5.41, 5.74) is 7.73. The maximum atomic E-state index is 13.2. The number of hydrogen-bond donors (Lipinski definition) is 1. The molecule has 2 heterocycles. The lowest BCUT2D eigenvalue weighted by Gasteiger charge is -2.18. The lowest BCUT2D eigenvalue weighted by Crippen LogP contribution is -2.32. The summed E-state index contributed by atoms with van der Waals surface area (Å²) in [5.74, 6) is -0.489. The molecule has 2 amide bonds. The molecule has 2 N–H and O–H groups in total. The summed E-state index contributed by atoms with van der Waals surface area (Å²) in [6.45, 7) is 4.18. The summed E-state index contributed by atoms with van der Waals surface area (Å²) in [6.07, 6.45) is 2.70. The predicted molar refractivity (Wildman–Crippen MR) is 119 cm³/mol. The zero-order chi connectivity index (χ0) is 21.4. The van der Waals surface area contributed by atoms with Crippen molar-refractivity contribution < 1.29 is 19.1 Å². The van der Waals surface area contributed by atoms with Gasteiger partial charge in [-0.25, -0.2) is 9.69 Å². The van der Waals surface area contributed by atoms with Crippen LogP contribution in [0.2, 0.25) is 0 Å². The molecule has 2 atom stereocenters. The van der Waals surface area contributed by atoms with Gasteiger partial charge in [-0.1, -0.05) is 6.92 Å². The van der Waals surface area contributed by atoms with Gasteiger partial charge in [0.1, 0.15) is 5.00 Å². The first-order valence-corrected chi connectivity index (χ1v) is 11.8. The van der Waals surface area contributed by atoms with Gasteiger partial charge in [0.15, 0.2) is 0 Å². The van der Waals surface area contributed by atoms with E-state index in [1.165, 1.54) is 28.0 Å². The van der Waals surface area contributed by atoms with Crippen molar-refractivity contribution in [2.24, 2.45) is 5.92 Å². The average Bonchev–Trinajstić information content (AvgIpc) is 3.19. The van der Waals surface area contributed by atoms with Crippen molar-refractivity contribution >= 4 is 51.6 Å². The van der Waals surface area contributed by atoms with Crippen LogP contribution < -0.4 is 10.6 Å². The van der Waals surface area contributed by atoms with Crippen LogP contribution in [0.5, 0.6) is 0 Å². The minimum Gasteiger partial charge on any atom is -0.462 e. The number of fused-ring (bicyclic) bond motifs is 1. The molecule has 2 aliphatic rings. The number of carbonyl (C=O) groups excluding carboxylic acids is 3. The minimum absolute atomic E-state index is 0.106. The molecule has 30 heavy (non-hydrogen) atoms. The Morgan fingerprint density at radius 3 is 2.70 bits per heavy atom. The van der Waals surface area contributed by atoms with Gasteiger partial charge in [-0.2, -0.15) is 0 Å². The number of ether oxygens (including phenoxy) is 1. The molecule has 6 nitrogen and oxygen atoms in total. The van der Waals surface area contributed by atoms with E-state index < -0.39 is 11.2 Å². The monoisotopic (exact) mass is 444 g/mol. The molecule has 158 valence electrons. The van der Waals surface area contributed by atoms with Gasteiger partial charge in [-0.15, -0.1) is 23.1 Å². The molecular weight excluding hydrogens is 420 g/mol. The Balaban J connectivity index is 1.67. The summed E-state index contributed by atoms with van der Waals surface area (Å²) >= 11 is 2.74. The summed E-state index contributed by atoms with van der Waals surface area (Å²) in [7, 11) is 0. The molecule has 8 heteroatoms. The predicted octanol–water partition coefficient (Wildman–Crippen LogP) is 4.06. The Labute approximate surface area is 183 Å². The molecule has 0 spiro atoms. The standard InChI is InChI=1S/C22H24N2O4S2/c1-3-28-22(27)19-15-9-4-12(2)10-16(15)30-21(19)24-18(25)11-17(20(24)26)29-14-7-5-13(23)6-8-14/h5-8,12,17H,3-4,9-11,23H2,1-2H3/t12-,17+/m0/s1. The van der Waals surface area contributed by atoms with E-state index >= 15 is 0 Å². The van der Waals surface area contributed by atoms with Crippen molar-refractivity contribution in [2.75, 3.05) is 17.2 Å². The summed E-state index contributed by atoms with van der Waals surface area (Å²) in [6, 6.07) is 7.23. The molecule has 0 radical (unpaired) electrons. The molecule has 1 aliphatic carbocycles. The third kappa shape index (κ3) is 3.86. The van der Waals surface area contributed by atoms with E-state index in [1.54, 1.807) is 19.1 Å². The zero-order valence-corrected chi connectivity index (χ0v) is 18.6. The van der Waals surface area contributed by atoms with Gasteiger partial charge in [0.2, 0.25) is 11.8 Å². The van der Waals surface area contributed by atoms with Crippen molar-refractivity contribution in [1.82, 2.24) is 0 Å². The Kier molecular flexibility index (Phi) is 5.88. The molecule has 1 aromatic heterocycles. The molecule has 0 saturated carbocycles. The van der Waals surface area contributed by atoms with E-state index in [9.17, 15) is 14.4 Å². The molecule has 1 aliphatic heterocycles. The highest BCUT2D eigenvalue weighted by Gasteiger charge is 2.44. The van der Waals surface area contributed by atoms with Crippen LogP contribution in [0.1, 0.15) is 47.5 Å². The second kappa shape index (κ2) is 8.43. The third-order valence-corrected chi connectivity index (χ3v) is 7.88. The Bertz CT molecular complexity index is 999. The number of carbonyl (C=O) groups is 3. The van der Waals surface area contributed by atoms with E-state index in [0.29, 0.717) is 22.2 Å². The largest absolute Gasteiger partial charge is 0.462 e. The summed E-state index contributed by atoms with van der Waals surface area (Å²) < 4.78 is 5.29. The molecule has 2 aromatic rings. The Hall–Kier alpha value is -2.32. The fourth-order valence-corrected chi connectivity index (χ4v) is 6.50. The highest BCUT2D eigenvalue weighted by Crippen LogP contribution is 2.44. The normalized spacial score (nSPS) is 21.1.